The Kier molecular flexibility index (Phi) is 4.02. The Morgan fingerprint density at radius 1 is 1.21 bits per heavy atom. The van der Waals surface area contributed by atoms with Crippen molar-refractivity contribution in [1.29, 1.82) is 0 Å². The molecule has 0 unspecified atom stereocenters. The number of piperidine rings is 1. The predicted molar refractivity (Wildman–Crippen MR) is 95.5 cm³/mol. The van der Waals surface area contributed by atoms with Crippen molar-refractivity contribution >= 4 is 16.3 Å². The molecule has 0 amide bonds. The first-order valence-electron chi connectivity index (χ1n) is 8.45. The second kappa shape index (κ2) is 6.18. The van der Waals surface area contributed by atoms with Crippen molar-refractivity contribution in [2.75, 3.05) is 13.1 Å². The summed E-state index contributed by atoms with van der Waals surface area (Å²) < 4.78 is 1.54. The van der Waals surface area contributed by atoms with Gasteiger partial charge in [0.05, 0.1) is 10.9 Å². The molecule has 1 aliphatic rings. The standard InChI is InChI=1S/C18H22N4OS/c1-12-3-5-14(6-4-12)15(21-9-7-13(2)8-10-21)16-17(23)22-18(24-16)19-11-20-22/h3-6,11,13,15,23H,7-10H2,1-2H3/t15-/m1/s1. The van der Waals surface area contributed by atoms with Crippen molar-refractivity contribution < 1.29 is 5.11 Å². The van der Waals surface area contributed by atoms with Crippen molar-refractivity contribution in [3.8, 4) is 5.88 Å². The highest BCUT2D eigenvalue weighted by atomic mass is 32.1. The van der Waals surface area contributed by atoms with Crippen LogP contribution in [-0.2, 0) is 0 Å². The number of aryl methyl sites for hydroxylation is 1. The van der Waals surface area contributed by atoms with E-state index in [0.717, 1.165) is 28.8 Å². The first-order valence-corrected chi connectivity index (χ1v) is 9.27. The van der Waals surface area contributed by atoms with E-state index in [0.29, 0.717) is 0 Å². The van der Waals surface area contributed by atoms with Gasteiger partial charge in [0, 0.05) is 0 Å². The molecule has 1 atom stereocenters. The predicted octanol–water partition coefficient (Wildman–Crippen LogP) is 3.63. The van der Waals surface area contributed by atoms with Crippen LogP contribution in [-0.4, -0.2) is 37.7 Å². The number of aromatic hydroxyl groups is 1. The number of aromatic nitrogens is 3. The molecule has 0 spiro atoms. The molecule has 1 saturated heterocycles. The second-order valence-corrected chi connectivity index (χ2v) is 7.79. The fourth-order valence-electron chi connectivity index (χ4n) is 3.44. The molecule has 4 rings (SSSR count). The van der Waals surface area contributed by atoms with Crippen LogP contribution in [0.25, 0.3) is 4.96 Å². The van der Waals surface area contributed by atoms with Crippen LogP contribution in [0, 0.1) is 12.8 Å². The highest BCUT2D eigenvalue weighted by molar-refractivity contribution is 7.17. The highest BCUT2D eigenvalue weighted by Gasteiger charge is 2.31. The van der Waals surface area contributed by atoms with E-state index in [4.69, 9.17) is 0 Å². The molecule has 3 aromatic rings. The van der Waals surface area contributed by atoms with Gasteiger partial charge in [0.1, 0.15) is 6.33 Å². The zero-order chi connectivity index (χ0) is 16.7. The summed E-state index contributed by atoms with van der Waals surface area (Å²) in [6, 6.07) is 8.69. The summed E-state index contributed by atoms with van der Waals surface area (Å²) in [5.41, 5.74) is 2.46. The molecule has 0 aliphatic carbocycles. The minimum absolute atomic E-state index is 0.0617. The molecule has 0 saturated carbocycles. The van der Waals surface area contributed by atoms with Crippen LogP contribution in [0.2, 0.25) is 0 Å². The maximum atomic E-state index is 10.7. The molecule has 0 radical (unpaired) electrons. The van der Waals surface area contributed by atoms with E-state index in [9.17, 15) is 5.11 Å². The highest BCUT2D eigenvalue weighted by Crippen LogP contribution is 2.41. The molecular weight excluding hydrogens is 320 g/mol. The lowest BCUT2D eigenvalue weighted by Gasteiger charge is -2.36. The normalized spacial score (nSPS) is 18.2. The van der Waals surface area contributed by atoms with Gasteiger partial charge in [-0.25, -0.2) is 4.98 Å². The second-order valence-electron chi connectivity index (χ2n) is 6.78. The van der Waals surface area contributed by atoms with Crippen LogP contribution in [0.1, 0.15) is 41.8 Å². The molecule has 2 aromatic heterocycles. The van der Waals surface area contributed by atoms with Crippen LogP contribution in [0.15, 0.2) is 30.6 Å². The van der Waals surface area contributed by atoms with Crippen molar-refractivity contribution in [2.45, 2.75) is 32.7 Å². The third kappa shape index (κ3) is 2.70. The summed E-state index contributed by atoms with van der Waals surface area (Å²) in [6.07, 6.45) is 3.88. The van der Waals surface area contributed by atoms with Crippen molar-refractivity contribution in [2.24, 2.45) is 5.92 Å². The zero-order valence-electron chi connectivity index (χ0n) is 14.0. The van der Waals surface area contributed by atoms with E-state index in [-0.39, 0.29) is 11.9 Å². The van der Waals surface area contributed by atoms with Gasteiger partial charge in [0.15, 0.2) is 0 Å². The number of hydrogen-bond acceptors (Lipinski definition) is 5. The van der Waals surface area contributed by atoms with Crippen LogP contribution in [0.4, 0.5) is 0 Å². The Morgan fingerprint density at radius 2 is 1.92 bits per heavy atom. The molecule has 1 aliphatic heterocycles. The van der Waals surface area contributed by atoms with Gasteiger partial charge < -0.3 is 5.11 Å². The number of likely N-dealkylation sites (tertiary alicyclic amines) is 1. The molecular formula is C18H22N4OS. The van der Waals surface area contributed by atoms with Gasteiger partial charge in [-0.2, -0.15) is 9.61 Å². The van der Waals surface area contributed by atoms with Gasteiger partial charge >= 0.3 is 0 Å². The van der Waals surface area contributed by atoms with E-state index in [1.165, 1.54) is 46.1 Å². The third-order valence-electron chi connectivity index (χ3n) is 4.96. The van der Waals surface area contributed by atoms with Gasteiger partial charge in [-0.15, -0.1) is 0 Å². The Balaban J connectivity index is 1.78. The van der Waals surface area contributed by atoms with Crippen molar-refractivity contribution in [3.05, 3.63) is 46.6 Å². The lowest BCUT2D eigenvalue weighted by molar-refractivity contribution is 0.157. The average Bonchev–Trinajstić information content (AvgIpc) is 3.15. The van der Waals surface area contributed by atoms with Crippen LogP contribution < -0.4 is 0 Å². The first kappa shape index (κ1) is 15.6. The van der Waals surface area contributed by atoms with E-state index < -0.39 is 0 Å². The van der Waals surface area contributed by atoms with E-state index in [2.05, 4.69) is 53.1 Å². The molecule has 3 heterocycles. The summed E-state index contributed by atoms with van der Waals surface area (Å²) in [7, 11) is 0. The van der Waals surface area contributed by atoms with Gasteiger partial charge in [-0.1, -0.05) is 48.1 Å². The Hall–Kier alpha value is -1.92. The van der Waals surface area contributed by atoms with Crippen molar-refractivity contribution in [3.63, 3.8) is 0 Å². The molecule has 1 fully saturated rings. The van der Waals surface area contributed by atoms with E-state index in [1.807, 2.05) is 0 Å². The minimum Gasteiger partial charge on any atom is -0.492 e. The van der Waals surface area contributed by atoms with Gasteiger partial charge in [-0.05, 0) is 44.3 Å². The largest absolute Gasteiger partial charge is 0.492 e. The Morgan fingerprint density at radius 3 is 2.58 bits per heavy atom. The lowest BCUT2D eigenvalue weighted by Crippen LogP contribution is -2.36. The summed E-state index contributed by atoms with van der Waals surface area (Å²) in [5, 5.41) is 14.8. The zero-order valence-corrected chi connectivity index (χ0v) is 14.8. The molecule has 126 valence electrons. The molecule has 5 nitrogen and oxygen atoms in total. The number of thiazole rings is 1. The molecule has 24 heavy (non-hydrogen) atoms. The Labute approximate surface area is 145 Å². The summed E-state index contributed by atoms with van der Waals surface area (Å²) in [4.78, 5) is 8.40. The van der Waals surface area contributed by atoms with Crippen molar-refractivity contribution in [1.82, 2.24) is 19.5 Å². The van der Waals surface area contributed by atoms with Gasteiger partial charge in [0.2, 0.25) is 10.8 Å². The number of rotatable bonds is 3. The van der Waals surface area contributed by atoms with Crippen LogP contribution in [0.5, 0.6) is 5.88 Å². The number of benzene rings is 1. The van der Waals surface area contributed by atoms with E-state index >= 15 is 0 Å². The number of hydrogen-bond donors (Lipinski definition) is 1. The minimum atomic E-state index is 0.0617. The smallest absolute Gasteiger partial charge is 0.230 e. The Bertz CT molecular complexity index is 830. The molecule has 1 aromatic carbocycles. The summed E-state index contributed by atoms with van der Waals surface area (Å²) in [6.45, 7) is 6.51. The summed E-state index contributed by atoms with van der Waals surface area (Å²) >= 11 is 1.53. The SMILES string of the molecule is Cc1ccc([C@H](c2sc3ncnn3c2O)N2CCC(C)CC2)cc1. The number of fused-ring (bicyclic) bond motifs is 1. The quantitative estimate of drug-likeness (QED) is 0.790. The van der Waals surface area contributed by atoms with Crippen LogP contribution >= 0.6 is 11.3 Å². The monoisotopic (exact) mass is 342 g/mol. The maximum Gasteiger partial charge on any atom is 0.230 e. The topological polar surface area (TPSA) is 53.7 Å². The molecule has 1 N–H and O–H groups in total. The first-order chi connectivity index (χ1) is 11.6. The number of nitrogens with zero attached hydrogens (tertiary/aromatic N) is 4. The van der Waals surface area contributed by atoms with Crippen LogP contribution in [0.3, 0.4) is 0 Å². The van der Waals surface area contributed by atoms with Gasteiger partial charge in [-0.3, -0.25) is 4.90 Å². The average molecular weight is 342 g/mol. The van der Waals surface area contributed by atoms with E-state index in [1.54, 1.807) is 0 Å². The summed E-state index contributed by atoms with van der Waals surface area (Å²) in [5.74, 6) is 0.993. The third-order valence-corrected chi connectivity index (χ3v) is 6.05. The lowest BCUT2D eigenvalue weighted by atomic mass is 9.95. The fourth-order valence-corrected chi connectivity index (χ4v) is 4.53. The maximum absolute atomic E-state index is 10.7. The van der Waals surface area contributed by atoms with Gasteiger partial charge in [0.25, 0.3) is 0 Å². The molecule has 6 heteroatoms. The molecule has 0 bridgehead atoms. The fraction of sp³-hybridized carbons (Fsp3) is 0.444.